The van der Waals surface area contributed by atoms with E-state index in [1.807, 2.05) is 0 Å². The predicted octanol–water partition coefficient (Wildman–Crippen LogP) is 0.332. The maximum Gasteiger partial charge on any atom is 0.307 e. The van der Waals surface area contributed by atoms with Gasteiger partial charge < -0.3 is 15.2 Å². The van der Waals surface area contributed by atoms with Gasteiger partial charge in [-0.2, -0.15) is 5.26 Å². The second-order valence-electron chi connectivity index (χ2n) is 3.44. The second-order valence-corrected chi connectivity index (χ2v) is 3.44. The van der Waals surface area contributed by atoms with Crippen LogP contribution in [0.4, 0.5) is 0 Å². The number of carbonyl (C=O) groups is 2. The summed E-state index contributed by atoms with van der Waals surface area (Å²) < 4.78 is 5.17. The van der Waals surface area contributed by atoms with E-state index in [9.17, 15) is 9.59 Å². The SMILES string of the molecule is N#CCNC(=O)COc1cccc(CC(=O)O)c1. The number of carboxylic acids is 1. The minimum absolute atomic E-state index is 0.0682. The van der Waals surface area contributed by atoms with Gasteiger partial charge in [-0.05, 0) is 17.7 Å². The van der Waals surface area contributed by atoms with Crippen LogP contribution < -0.4 is 10.1 Å². The number of nitrogens with zero attached hydrogens (tertiary/aromatic N) is 1. The van der Waals surface area contributed by atoms with Crippen LogP contribution in [0.25, 0.3) is 0 Å². The third kappa shape index (κ3) is 4.99. The summed E-state index contributed by atoms with van der Waals surface area (Å²) in [5, 5.41) is 19.2. The number of nitrogens with one attached hydrogen (secondary N) is 1. The molecule has 0 heterocycles. The number of nitriles is 1. The van der Waals surface area contributed by atoms with E-state index in [1.165, 1.54) is 0 Å². The zero-order valence-corrected chi connectivity index (χ0v) is 9.55. The van der Waals surface area contributed by atoms with Gasteiger partial charge >= 0.3 is 5.97 Å². The molecule has 1 rings (SSSR count). The summed E-state index contributed by atoms with van der Waals surface area (Å²) in [5.41, 5.74) is 0.595. The Bertz CT molecular complexity index is 479. The fourth-order valence-corrected chi connectivity index (χ4v) is 1.26. The van der Waals surface area contributed by atoms with Gasteiger partial charge in [0.05, 0.1) is 12.5 Å². The van der Waals surface area contributed by atoms with Crippen LogP contribution in [0.15, 0.2) is 24.3 Å². The lowest BCUT2D eigenvalue weighted by Crippen LogP contribution is -2.29. The molecular formula is C12H12N2O4. The lowest BCUT2D eigenvalue weighted by Gasteiger charge is -2.06. The van der Waals surface area contributed by atoms with Gasteiger partial charge in [-0.15, -0.1) is 0 Å². The summed E-state index contributed by atoms with van der Waals surface area (Å²) in [6, 6.07) is 8.28. The molecule has 2 N–H and O–H groups in total. The van der Waals surface area contributed by atoms with Crippen LogP contribution in [0.2, 0.25) is 0 Å². The van der Waals surface area contributed by atoms with Crippen LogP contribution in [0.5, 0.6) is 5.75 Å². The van der Waals surface area contributed by atoms with E-state index in [0.717, 1.165) is 0 Å². The van der Waals surface area contributed by atoms with Gasteiger partial charge in [0, 0.05) is 0 Å². The van der Waals surface area contributed by atoms with E-state index in [2.05, 4.69) is 5.32 Å². The Labute approximate surface area is 104 Å². The molecule has 0 atom stereocenters. The highest BCUT2D eigenvalue weighted by Crippen LogP contribution is 2.13. The summed E-state index contributed by atoms with van der Waals surface area (Å²) in [4.78, 5) is 21.7. The highest BCUT2D eigenvalue weighted by Gasteiger charge is 2.04. The average molecular weight is 248 g/mol. The van der Waals surface area contributed by atoms with Crippen molar-refractivity contribution in [3.8, 4) is 11.8 Å². The molecule has 0 saturated heterocycles. The molecule has 0 aliphatic heterocycles. The molecule has 1 aromatic carbocycles. The van der Waals surface area contributed by atoms with Crippen LogP contribution in [-0.2, 0) is 16.0 Å². The molecule has 6 nitrogen and oxygen atoms in total. The normalized spacial score (nSPS) is 9.28. The first-order chi connectivity index (χ1) is 8.61. The van der Waals surface area contributed by atoms with E-state index >= 15 is 0 Å². The molecule has 0 bridgehead atoms. The Balaban J connectivity index is 2.50. The molecule has 0 spiro atoms. The van der Waals surface area contributed by atoms with Gasteiger partial charge in [-0.25, -0.2) is 0 Å². The van der Waals surface area contributed by atoms with Gasteiger partial charge in [-0.3, -0.25) is 9.59 Å². The fraction of sp³-hybridized carbons (Fsp3) is 0.250. The van der Waals surface area contributed by atoms with Crippen LogP contribution in [0.3, 0.4) is 0 Å². The van der Waals surface area contributed by atoms with Crippen molar-refractivity contribution in [2.75, 3.05) is 13.2 Å². The molecule has 0 saturated carbocycles. The lowest BCUT2D eigenvalue weighted by molar-refractivity contribution is -0.136. The zero-order chi connectivity index (χ0) is 13.4. The summed E-state index contributed by atoms with van der Waals surface area (Å²) >= 11 is 0. The Kier molecular flexibility index (Phi) is 5.19. The summed E-state index contributed by atoms with van der Waals surface area (Å²) in [6.45, 7) is -0.278. The molecule has 1 aromatic rings. The number of aliphatic carboxylic acids is 1. The van der Waals surface area contributed by atoms with E-state index < -0.39 is 11.9 Å². The monoisotopic (exact) mass is 248 g/mol. The quantitative estimate of drug-likeness (QED) is 0.707. The Morgan fingerprint density at radius 3 is 2.89 bits per heavy atom. The Morgan fingerprint density at radius 1 is 1.44 bits per heavy atom. The predicted molar refractivity (Wildman–Crippen MR) is 61.9 cm³/mol. The number of benzene rings is 1. The van der Waals surface area contributed by atoms with E-state index in [-0.39, 0.29) is 19.6 Å². The molecule has 0 aliphatic carbocycles. The van der Waals surface area contributed by atoms with Crippen molar-refractivity contribution in [2.24, 2.45) is 0 Å². The zero-order valence-electron chi connectivity index (χ0n) is 9.55. The molecule has 94 valence electrons. The third-order valence-corrected chi connectivity index (χ3v) is 1.99. The second kappa shape index (κ2) is 6.91. The van der Waals surface area contributed by atoms with Crippen LogP contribution in [0.1, 0.15) is 5.56 Å². The first kappa shape index (κ1) is 13.5. The number of carbonyl (C=O) groups excluding carboxylic acids is 1. The minimum Gasteiger partial charge on any atom is -0.484 e. The van der Waals surface area contributed by atoms with Gasteiger partial charge in [0.1, 0.15) is 12.3 Å². The minimum atomic E-state index is -0.932. The highest BCUT2D eigenvalue weighted by molar-refractivity contribution is 5.77. The van der Waals surface area contributed by atoms with Crippen molar-refractivity contribution in [2.45, 2.75) is 6.42 Å². The van der Waals surface area contributed by atoms with Gasteiger partial charge in [0.15, 0.2) is 6.61 Å². The summed E-state index contributed by atoms with van der Waals surface area (Å²) in [7, 11) is 0. The van der Waals surface area contributed by atoms with Crippen LogP contribution >= 0.6 is 0 Å². The Hall–Kier alpha value is -2.55. The van der Waals surface area contributed by atoms with Crippen molar-refractivity contribution in [1.82, 2.24) is 5.32 Å². The molecule has 18 heavy (non-hydrogen) atoms. The standard InChI is InChI=1S/C12H12N2O4/c13-4-5-14-11(15)8-18-10-3-1-2-9(6-10)7-12(16)17/h1-3,6H,5,7-8H2,(H,14,15)(H,16,17). The number of hydrogen-bond donors (Lipinski definition) is 2. The van der Waals surface area contributed by atoms with Crippen molar-refractivity contribution in [3.63, 3.8) is 0 Å². The van der Waals surface area contributed by atoms with Crippen LogP contribution in [0, 0.1) is 11.3 Å². The number of hydrogen-bond acceptors (Lipinski definition) is 4. The molecule has 0 aromatic heterocycles. The van der Waals surface area contributed by atoms with E-state index in [4.69, 9.17) is 15.1 Å². The highest BCUT2D eigenvalue weighted by atomic mass is 16.5. The van der Waals surface area contributed by atoms with Crippen LogP contribution in [-0.4, -0.2) is 30.1 Å². The van der Waals surface area contributed by atoms with E-state index in [0.29, 0.717) is 11.3 Å². The van der Waals surface area contributed by atoms with Gasteiger partial charge in [0.25, 0.3) is 5.91 Å². The largest absolute Gasteiger partial charge is 0.484 e. The number of amides is 1. The number of rotatable bonds is 6. The first-order valence-corrected chi connectivity index (χ1v) is 5.19. The molecule has 0 fully saturated rings. The van der Waals surface area contributed by atoms with Crippen molar-refractivity contribution in [1.29, 1.82) is 5.26 Å². The van der Waals surface area contributed by atoms with Gasteiger partial charge in [-0.1, -0.05) is 12.1 Å². The van der Waals surface area contributed by atoms with Crippen molar-refractivity contribution < 1.29 is 19.4 Å². The molecular weight excluding hydrogens is 236 g/mol. The van der Waals surface area contributed by atoms with Gasteiger partial charge in [0.2, 0.25) is 0 Å². The molecule has 1 amide bonds. The lowest BCUT2D eigenvalue weighted by atomic mass is 10.1. The third-order valence-electron chi connectivity index (χ3n) is 1.99. The molecule has 6 heteroatoms. The molecule has 0 aliphatic rings. The fourth-order valence-electron chi connectivity index (χ4n) is 1.26. The maximum absolute atomic E-state index is 11.2. The summed E-state index contributed by atoms with van der Waals surface area (Å²) in [6.07, 6.45) is -0.0994. The molecule has 0 unspecified atom stereocenters. The number of carboxylic acid groups (broad SMARTS) is 1. The smallest absolute Gasteiger partial charge is 0.307 e. The topological polar surface area (TPSA) is 99.4 Å². The maximum atomic E-state index is 11.2. The average Bonchev–Trinajstić information content (AvgIpc) is 2.33. The number of ether oxygens (including phenoxy) is 1. The summed E-state index contributed by atoms with van der Waals surface area (Å²) in [5.74, 6) is -0.917. The van der Waals surface area contributed by atoms with Crippen molar-refractivity contribution >= 4 is 11.9 Å². The molecule has 0 radical (unpaired) electrons. The van der Waals surface area contributed by atoms with Crippen molar-refractivity contribution in [3.05, 3.63) is 29.8 Å². The van der Waals surface area contributed by atoms with E-state index in [1.54, 1.807) is 30.3 Å². The Morgan fingerprint density at radius 2 is 2.22 bits per heavy atom. The first-order valence-electron chi connectivity index (χ1n) is 5.19.